The normalized spacial score (nSPS) is 11.2. The lowest BCUT2D eigenvalue weighted by molar-refractivity contribution is 0.0971. The number of nitrogens with one attached hydrogen (secondary N) is 1. The van der Waals surface area contributed by atoms with Gasteiger partial charge in [0.05, 0.1) is 0 Å². The molecule has 0 fully saturated rings. The number of benzene rings is 2. The van der Waals surface area contributed by atoms with Crippen LogP contribution in [-0.4, -0.2) is 41.2 Å². The number of hydrogen-bond acceptors (Lipinski definition) is 6. The van der Waals surface area contributed by atoms with Crippen LogP contribution in [-0.2, 0) is 13.0 Å². The Hall–Kier alpha value is -3.68. The van der Waals surface area contributed by atoms with E-state index in [2.05, 4.69) is 74.9 Å². The van der Waals surface area contributed by atoms with E-state index in [1.807, 2.05) is 29.8 Å². The van der Waals surface area contributed by atoms with Crippen LogP contribution < -0.4 is 0 Å². The van der Waals surface area contributed by atoms with Crippen molar-refractivity contribution in [1.29, 1.82) is 0 Å². The van der Waals surface area contributed by atoms with Gasteiger partial charge in [-0.3, -0.25) is 4.79 Å². The summed E-state index contributed by atoms with van der Waals surface area (Å²) in [6.07, 6.45) is 1.79. The van der Waals surface area contributed by atoms with Crippen LogP contribution in [0.3, 0.4) is 0 Å². The smallest absolute Gasteiger partial charge is 0.217 e. The average molecular weight is 430 g/mol. The van der Waals surface area contributed by atoms with Crippen LogP contribution in [0.2, 0.25) is 0 Å². The first-order valence-electron chi connectivity index (χ1n) is 10.9. The quantitative estimate of drug-likeness (QED) is 0.397. The third kappa shape index (κ3) is 4.80. The molecule has 0 aliphatic carbocycles. The van der Waals surface area contributed by atoms with E-state index in [4.69, 9.17) is 0 Å². The first-order chi connectivity index (χ1) is 15.5. The van der Waals surface area contributed by atoms with Crippen LogP contribution in [0.1, 0.15) is 55.6 Å². The van der Waals surface area contributed by atoms with Crippen LogP contribution >= 0.6 is 0 Å². The molecule has 0 atom stereocenters. The van der Waals surface area contributed by atoms with Crippen molar-refractivity contribution < 1.29 is 4.79 Å². The molecule has 4 aromatic rings. The van der Waals surface area contributed by atoms with E-state index in [0.29, 0.717) is 37.0 Å². The van der Waals surface area contributed by atoms with E-state index < -0.39 is 0 Å². The van der Waals surface area contributed by atoms with Crippen molar-refractivity contribution in [3.63, 3.8) is 0 Å². The number of hydrogen-bond donors (Lipinski definition) is 1. The standard InChI is InChI=1S/C24H27N7O/c1-4-8-21(32)24-25-22(31(28-24)15-16(2)3)14-17-11-12-19(18-9-6-5-7-10-18)20(13-17)23-26-29-30-27-23/h5-7,9-13,16H,4,8,14-15H2,1-3H3,(H,26,27,29,30). The zero-order valence-electron chi connectivity index (χ0n) is 18.6. The van der Waals surface area contributed by atoms with Gasteiger partial charge in [0.25, 0.3) is 0 Å². The number of aromatic amines is 1. The van der Waals surface area contributed by atoms with Crippen LogP contribution in [0.5, 0.6) is 0 Å². The van der Waals surface area contributed by atoms with E-state index in [1.54, 1.807) is 0 Å². The Morgan fingerprint density at radius 3 is 2.59 bits per heavy atom. The molecule has 0 saturated carbocycles. The summed E-state index contributed by atoms with van der Waals surface area (Å²) < 4.78 is 1.87. The highest BCUT2D eigenvalue weighted by Crippen LogP contribution is 2.31. The zero-order valence-corrected chi connectivity index (χ0v) is 18.6. The zero-order chi connectivity index (χ0) is 22.5. The summed E-state index contributed by atoms with van der Waals surface area (Å²) in [6, 6.07) is 16.3. The molecule has 2 heterocycles. The van der Waals surface area contributed by atoms with Gasteiger partial charge in [0.15, 0.2) is 0 Å². The Morgan fingerprint density at radius 2 is 1.91 bits per heavy atom. The van der Waals surface area contributed by atoms with E-state index >= 15 is 0 Å². The van der Waals surface area contributed by atoms with Gasteiger partial charge < -0.3 is 0 Å². The van der Waals surface area contributed by atoms with Gasteiger partial charge in [-0.15, -0.1) is 15.3 Å². The molecule has 0 bridgehead atoms. The van der Waals surface area contributed by atoms with Crippen molar-refractivity contribution >= 4 is 5.78 Å². The molecule has 2 aromatic heterocycles. The molecule has 4 rings (SSSR count). The van der Waals surface area contributed by atoms with Crippen LogP contribution in [0.25, 0.3) is 22.5 Å². The molecule has 2 aromatic carbocycles. The van der Waals surface area contributed by atoms with Crippen molar-refractivity contribution in [3.05, 3.63) is 65.7 Å². The van der Waals surface area contributed by atoms with Gasteiger partial charge in [-0.25, -0.2) is 9.67 Å². The fourth-order valence-corrected chi connectivity index (χ4v) is 3.67. The largest absolute Gasteiger partial charge is 0.291 e. The number of aromatic nitrogens is 7. The second-order valence-corrected chi connectivity index (χ2v) is 8.26. The van der Waals surface area contributed by atoms with Gasteiger partial charge in [-0.1, -0.05) is 63.2 Å². The number of tetrazole rings is 1. The summed E-state index contributed by atoms with van der Waals surface area (Å²) in [6.45, 7) is 6.95. The van der Waals surface area contributed by atoms with Crippen molar-refractivity contribution in [1.82, 2.24) is 35.4 Å². The molecule has 8 heteroatoms. The number of rotatable bonds is 9. The van der Waals surface area contributed by atoms with Gasteiger partial charge in [-0.05, 0) is 40.3 Å². The van der Waals surface area contributed by atoms with E-state index in [0.717, 1.165) is 34.5 Å². The van der Waals surface area contributed by atoms with Gasteiger partial charge >= 0.3 is 0 Å². The van der Waals surface area contributed by atoms with E-state index in [9.17, 15) is 4.79 Å². The maximum atomic E-state index is 12.4. The Balaban J connectivity index is 1.72. The maximum absolute atomic E-state index is 12.4. The molecule has 0 spiro atoms. The number of carbonyl (C=O) groups is 1. The minimum Gasteiger partial charge on any atom is -0.291 e. The molecular weight excluding hydrogens is 402 g/mol. The molecule has 164 valence electrons. The highest BCUT2D eigenvalue weighted by atomic mass is 16.1. The lowest BCUT2D eigenvalue weighted by Crippen LogP contribution is -2.11. The second kappa shape index (κ2) is 9.64. The number of H-pyrrole nitrogens is 1. The van der Waals surface area contributed by atoms with Crippen LogP contribution in [0.4, 0.5) is 0 Å². The molecular formula is C24H27N7O. The number of Topliss-reactive ketones (excluding diaryl/α,β-unsaturated/α-hetero) is 1. The summed E-state index contributed by atoms with van der Waals surface area (Å²) in [5.41, 5.74) is 4.03. The predicted octanol–water partition coefficient (Wildman–Crippen LogP) is 4.35. The lowest BCUT2D eigenvalue weighted by atomic mass is 9.96. The molecule has 1 N–H and O–H groups in total. The molecule has 0 aliphatic heterocycles. The Kier molecular flexibility index (Phi) is 6.49. The molecule has 0 saturated heterocycles. The Labute approximate surface area is 187 Å². The first kappa shape index (κ1) is 21.5. The molecule has 0 aliphatic rings. The van der Waals surface area contributed by atoms with Crippen molar-refractivity contribution in [3.8, 4) is 22.5 Å². The van der Waals surface area contributed by atoms with Gasteiger partial charge in [0, 0.05) is 24.9 Å². The predicted molar refractivity (Wildman–Crippen MR) is 122 cm³/mol. The fraction of sp³-hybridized carbons (Fsp3) is 0.333. The average Bonchev–Trinajstić information content (AvgIpc) is 3.45. The lowest BCUT2D eigenvalue weighted by Gasteiger charge is -2.11. The highest BCUT2D eigenvalue weighted by molar-refractivity contribution is 5.92. The summed E-state index contributed by atoms with van der Waals surface area (Å²) in [7, 11) is 0. The maximum Gasteiger partial charge on any atom is 0.217 e. The second-order valence-electron chi connectivity index (χ2n) is 8.26. The number of carbonyl (C=O) groups excluding carboxylic acids is 1. The number of ketones is 1. The van der Waals surface area contributed by atoms with Gasteiger partial charge in [0.2, 0.25) is 17.4 Å². The monoisotopic (exact) mass is 429 g/mol. The third-order valence-corrected chi connectivity index (χ3v) is 5.13. The van der Waals surface area contributed by atoms with E-state index in [-0.39, 0.29) is 5.78 Å². The minimum absolute atomic E-state index is 0.0110. The topological polar surface area (TPSA) is 102 Å². The van der Waals surface area contributed by atoms with Crippen molar-refractivity contribution in [2.45, 2.75) is 46.6 Å². The van der Waals surface area contributed by atoms with Crippen LogP contribution in [0, 0.1) is 5.92 Å². The highest BCUT2D eigenvalue weighted by Gasteiger charge is 2.18. The summed E-state index contributed by atoms with van der Waals surface area (Å²) in [5, 5.41) is 19.2. The van der Waals surface area contributed by atoms with Crippen LogP contribution in [0.15, 0.2) is 48.5 Å². The van der Waals surface area contributed by atoms with Crippen molar-refractivity contribution in [2.24, 2.45) is 5.92 Å². The number of nitrogens with zero attached hydrogens (tertiary/aromatic N) is 6. The molecule has 0 radical (unpaired) electrons. The Morgan fingerprint density at radius 1 is 1.09 bits per heavy atom. The molecule has 0 amide bonds. The molecule has 32 heavy (non-hydrogen) atoms. The third-order valence-electron chi connectivity index (χ3n) is 5.13. The van der Waals surface area contributed by atoms with Gasteiger partial charge in [-0.2, -0.15) is 5.21 Å². The molecule has 0 unspecified atom stereocenters. The SMILES string of the molecule is CCCC(=O)c1nc(Cc2ccc(-c3ccccc3)c(-c3nn[nH]n3)c2)n(CC(C)C)n1. The first-order valence-corrected chi connectivity index (χ1v) is 10.9. The summed E-state index contributed by atoms with van der Waals surface area (Å²) in [5.74, 6) is 2.00. The Bertz CT molecular complexity index is 1180. The fourth-order valence-electron chi connectivity index (χ4n) is 3.67. The van der Waals surface area contributed by atoms with Gasteiger partial charge in [0.1, 0.15) is 5.82 Å². The minimum atomic E-state index is -0.0110. The van der Waals surface area contributed by atoms with E-state index in [1.165, 1.54) is 0 Å². The van der Waals surface area contributed by atoms with Crippen molar-refractivity contribution in [2.75, 3.05) is 0 Å². The molecule has 8 nitrogen and oxygen atoms in total. The summed E-state index contributed by atoms with van der Waals surface area (Å²) in [4.78, 5) is 17.0. The summed E-state index contributed by atoms with van der Waals surface area (Å²) >= 11 is 0.